The standard InChI is InChI=1S/C14H22N2S/c1-3-17-14-5-4-13(7-14)16-10-12-6-11(2)8-15-9-12/h6,8-9,13-14,16H,3-5,7,10H2,1-2H3. The Morgan fingerprint density at radius 2 is 2.29 bits per heavy atom. The van der Waals surface area contributed by atoms with Crippen molar-refractivity contribution in [2.45, 2.75) is 50.9 Å². The van der Waals surface area contributed by atoms with Crippen molar-refractivity contribution in [1.82, 2.24) is 10.3 Å². The van der Waals surface area contributed by atoms with Crippen LogP contribution in [0.25, 0.3) is 0 Å². The van der Waals surface area contributed by atoms with Gasteiger partial charge in [-0.2, -0.15) is 11.8 Å². The number of hydrogen-bond acceptors (Lipinski definition) is 3. The van der Waals surface area contributed by atoms with Crippen molar-refractivity contribution in [3.05, 3.63) is 29.6 Å². The third-order valence-electron chi connectivity index (χ3n) is 3.31. The van der Waals surface area contributed by atoms with Crippen molar-refractivity contribution in [2.75, 3.05) is 5.75 Å². The molecule has 0 amide bonds. The normalized spacial score (nSPS) is 24.1. The molecule has 2 atom stereocenters. The number of nitrogens with one attached hydrogen (secondary N) is 1. The molecule has 1 N–H and O–H groups in total. The Kier molecular flexibility index (Phi) is 4.86. The van der Waals surface area contributed by atoms with Gasteiger partial charge < -0.3 is 5.32 Å². The lowest BCUT2D eigenvalue weighted by Crippen LogP contribution is -2.26. The Bertz CT molecular complexity index is 354. The van der Waals surface area contributed by atoms with E-state index in [1.165, 1.54) is 36.1 Å². The van der Waals surface area contributed by atoms with Gasteiger partial charge in [-0.3, -0.25) is 4.98 Å². The molecule has 1 aromatic rings. The van der Waals surface area contributed by atoms with Crippen LogP contribution < -0.4 is 5.32 Å². The average Bonchev–Trinajstić information content (AvgIpc) is 2.75. The highest BCUT2D eigenvalue weighted by Crippen LogP contribution is 2.29. The maximum absolute atomic E-state index is 4.23. The van der Waals surface area contributed by atoms with Crippen molar-refractivity contribution in [2.24, 2.45) is 0 Å². The third kappa shape index (κ3) is 4.00. The van der Waals surface area contributed by atoms with E-state index in [1.54, 1.807) is 0 Å². The predicted octanol–water partition coefficient (Wildman–Crippen LogP) is 3.15. The predicted molar refractivity (Wildman–Crippen MR) is 75.4 cm³/mol. The molecule has 0 spiro atoms. The molecule has 3 heteroatoms. The highest BCUT2D eigenvalue weighted by molar-refractivity contribution is 7.99. The Morgan fingerprint density at radius 3 is 3.06 bits per heavy atom. The molecule has 2 nitrogen and oxygen atoms in total. The highest BCUT2D eigenvalue weighted by atomic mass is 32.2. The minimum atomic E-state index is 0.708. The largest absolute Gasteiger partial charge is 0.310 e. The molecule has 1 aliphatic rings. The summed E-state index contributed by atoms with van der Waals surface area (Å²) in [5.74, 6) is 1.25. The number of pyridine rings is 1. The van der Waals surface area contributed by atoms with E-state index in [0.717, 1.165) is 11.8 Å². The van der Waals surface area contributed by atoms with Gasteiger partial charge in [0.2, 0.25) is 0 Å². The lowest BCUT2D eigenvalue weighted by atomic mass is 10.2. The van der Waals surface area contributed by atoms with Crippen molar-refractivity contribution < 1.29 is 0 Å². The molecule has 2 rings (SSSR count). The summed E-state index contributed by atoms with van der Waals surface area (Å²) < 4.78 is 0. The van der Waals surface area contributed by atoms with E-state index in [4.69, 9.17) is 0 Å². The summed E-state index contributed by atoms with van der Waals surface area (Å²) in [6.07, 6.45) is 7.91. The third-order valence-corrected chi connectivity index (χ3v) is 4.55. The topological polar surface area (TPSA) is 24.9 Å². The van der Waals surface area contributed by atoms with E-state index in [9.17, 15) is 0 Å². The van der Waals surface area contributed by atoms with Gasteiger partial charge in [0.05, 0.1) is 0 Å². The second-order valence-corrected chi connectivity index (χ2v) is 6.42. The minimum Gasteiger partial charge on any atom is -0.310 e. The lowest BCUT2D eigenvalue weighted by molar-refractivity contribution is 0.524. The van der Waals surface area contributed by atoms with Crippen LogP contribution in [-0.2, 0) is 6.54 Å². The van der Waals surface area contributed by atoms with Gasteiger partial charge in [0.25, 0.3) is 0 Å². The van der Waals surface area contributed by atoms with Crippen molar-refractivity contribution in [1.29, 1.82) is 0 Å². The van der Waals surface area contributed by atoms with Crippen LogP contribution in [0.4, 0.5) is 0 Å². The monoisotopic (exact) mass is 250 g/mol. The lowest BCUT2D eigenvalue weighted by Gasteiger charge is -2.13. The number of hydrogen-bond donors (Lipinski definition) is 1. The fourth-order valence-electron chi connectivity index (χ4n) is 2.49. The molecule has 0 saturated heterocycles. The summed E-state index contributed by atoms with van der Waals surface area (Å²) in [5, 5.41) is 4.54. The fourth-order valence-corrected chi connectivity index (χ4v) is 3.63. The van der Waals surface area contributed by atoms with Gasteiger partial charge in [-0.25, -0.2) is 0 Å². The Morgan fingerprint density at radius 1 is 1.41 bits per heavy atom. The Balaban J connectivity index is 1.76. The summed E-state index contributed by atoms with van der Waals surface area (Å²) >= 11 is 2.11. The molecule has 1 saturated carbocycles. The van der Waals surface area contributed by atoms with E-state index in [-0.39, 0.29) is 0 Å². The van der Waals surface area contributed by atoms with Gasteiger partial charge in [0.15, 0.2) is 0 Å². The molecule has 94 valence electrons. The zero-order valence-electron chi connectivity index (χ0n) is 10.8. The molecule has 0 radical (unpaired) electrons. The van der Waals surface area contributed by atoms with Crippen LogP contribution in [0.5, 0.6) is 0 Å². The first kappa shape index (κ1) is 12.9. The highest BCUT2D eigenvalue weighted by Gasteiger charge is 2.23. The summed E-state index contributed by atoms with van der Waals surface area (Å²) in [5.41, 5.74) is 2.55. The second kappa shape index (κ2) is 6.41. The summed E-state index contributed by atoms with van der Waals surface area (Å²) in [7, 11) is 0. The molecule has 17 heavy (non-hydrogen) atoms. The van der Waals surface area contributed by atoms with Gasteiger partial charge in [0.1, 0.15) is 0 Å². The van der Waals surface area contributed by atoms with Crippen LogP contribution in [-0.4, -0.2) is 22.0 Å². The maximum Gasteiger partial charge on any atom is 0.0313 e. The molecule has 1 fully saturated rings. The molecule has 1 heterocycles. The first-order valence-corrected chi connectivity index (χ1v) is 7.58. The fraction of sp³-hybridized carbons (Fsp3) is 0.643. The van der Waals surface area contributed by atoms with Crippen molar-refractivity contribution in [3.63, 3.8) is 0 Å². The van der Waals surface area contributed by atoms with E-state index < -0.39 is 0 Å². The van der Waals surface area contributed by atoms with E-state index in [2.05, 4.69) is 42.0 Å². The van der Waals surface area contributed by atoms with Crippen LogP contribution >= 0.6 is 11.8 Å². The van der Waals surface area contributed by atoms with E-state index in [1.807, 2.05) is 12.4 Å². The molecule has 1 aromatic heterocycles. The molecular weight excluding hydrogens is 228 g/mol. The number of rotatable bonds is 5. The Hall–Kier alpha value is -0.540. The van der Waals surface area contributed by atoms with Crippen molar-refractivity contribution >= 4 is 11.8 Å². The number of aromatic nitrogens is 1. The van der Waals surface area contributed by atoms with Gasteiger partial charge in [-0.15, -0.1) is 0 Å². The first-order chi connectivity index (χ1) is 8.28. The van der Waals surface area contributed by atoms with Crippen LogP contribution in [0.2, 0.25) is 0 Å². The van der Waals surface area contributed by atoms with Gasteiger partial charge in [0, 0.05) is 30.2 Å². The first-order valence-electron chi connectivity index (χ1n) is 6.53. The van der Waals surface area contributed by atoms with Crippen LogP contribution in [0.1, 0.15) is 37.3 Å². The van der Waals surface area contributed by atoms with Gasteiger partial charge in [-0.1, -0.05) is 13.0 Å². The Labute approximate surface area is 109 Å². The molecule has 0 aromatic carbocycles. The molecule has 0 bridgehead atoms. The van der Waals surface area contributed by atoms with Gasteiger partial charge in [-0.05, 0) is 43.1 Å². The molecule has 0 aliphatic heterocycles. The maximum atomic E-state index is 4.23. The number of thioether (sulfide) groups is 1. The summed E-state index contributed by atoms with van der Waals surface area (Å²) in [6.45, 7) is 5.31. The smallest absolute Gasteiger partial charge is 0.0313 e. The quantitative estimate of drug-likeness (QED) is 0.869. The number of aryl methyl sites for hydroxylation is 1. The van der Waals surface area contributed by atoms with E-state index in [0.29, 0.717) is 6.04 Å². The number of nitrogens with zero attached hydrogens (tertiary/aromatic N) is 1. The summed E-state index contributed by atoms with van der Waals surface area (Å²) in [4.78, 5) is 4.23. The SMILES string of the molecule is CCSC1CCC(NCc2cncc(C)c2)C1. The molecular formula is C14H22N2S. The van der Waals surface area contributed by atoms with Crippen LogP contribution in [0.15, 0.2) is 18.5 Å². The van der Waals surface area contributed by atoms with Crippen LogP contribution in [0, 0.1) is 6.92 Å². The summed E-state index contributed by atoms with van der Waals surface area (Å²) in [6, 6.07) is 2.92. The molecule has 1 aliphatic carbocycles. The zero-order valence-corrected chi connectivity index (χ0v) is 11.6. The minimum absolute atomic E-state index is 0.708. The van der Waals surface area contributed by atoms with Gasteiger partial charge >= 0.3 is 0 Å². The van der Waals surface area contributed by atoms with Crippen molar-refractivity contribution in [3.8, 4) is 0 Å². The van der Waals surface area contributed by atoms with E-state index >= 15 is 0 Å². The zero-order chi connectivity index (χ0) is 12.1. The average molecular weight is 250 g/mol. The second-order valence-electron chi connectivity index (χ2n) is 4.84. The molecule has 2 unspecified atom stereocenters. The van der Waals surface area contributed by atoms with Crippen LogP contribution in [0.3, 0.4) is 0 Å².